The van der Waals surface area contributed by atoms with Crippen LogP contribution >= 0.6 is 0 Å². The third-order valence-corrected chi connectivity index (χ3v) is 2.95. The van der Waals surface area contributed by atoms with Crippen molar-refractivity contribution >= 4 is 11.0 Å². The van der Waals surface area contributed by atoms with Gasteiger partial charge >= 0.3 is 0 Å². The number of nitrogens with one attached hydrogen (secondary N) is 1. The minimum Gasteiger partial charge on any atom is -0.504 e. The second-order valence-corrected chi connectivity index (χ2v) is 3.99. The Balaban J connectivity index is 2.23. The average Bonchev–Trinajstić information content (AvgIpc) is 2.87. The van der Waals surface area contributed by atoms with Gasteiger partial charge in [0.25, 0.3) is 0 Å². The molecule has 4 heteroatoms. The van der Waals surface area contributed by atoms with Crippen molar-refractivity contribution in [2.75, 3.05) is 7.11 Å². The molecule has 0 aliphatic heterocycles. The van der Waals surface area contributed by atoms with Crippen LogP contribution in [0, 0.1) is 0 Å². The van der Waals surface area contributed by atoms with Crippen LogP contribution in [0.4, 0.5) is 0 Å². The summed E-state index contributed by atoms with van der Waals surface area (Å²) in [5.41, 5.74) is 2.88. The second-order valence-electron chi connectivity index (χ2n) is 3.99. The highest BCUT2D eigenvalue weighted by Crippen LogP contribution is 2.33. The van der Waals surface area contributed by atoms with E-state index in [1.807, 2.05) is 30.5 Å². The normalized spacial score (nSPS) is 10.7. The molecule has 0 saturated heterocycles. The number of phenolic OH excluding ortho intramolecular Hbond substituents is 1. The van der Waals surface area contributed by atoms with Gasteiger partial charge in [0, 0.05) is 17.8 Å². The van der Waals surface area contributed by atoms with Crippen molar-refractivity contribution in [2.24, 2.45) is 0 Å². The van der Waals surface area contributed by atoms with Crippen LogP contribution in [-0.4, -0.2) is 22.2 Å². The third kappa shape index (κ3) is 1.59. The Morgan fingerprint density at radius 2 is 2.11 bits per heavy atom. The van der Waals surface area contributed by atoms with Gasteiger partial charge < -0.3 is 14.8 Å². The number of methoxy groups -OCH3 is 1. The van der Waals surface area contributed by atoms with E-state index in [9.17, 15) is 5.11 Å². The first-order valence-electron chi connectivity index (χ1n) is 5.59. The molecule has 2 N–H and O–H groups in total. The van der Waals surface area contributed by atoms with Crippen molar-refractivity contribution < 1.29 is 9.84 Å². The summed E-state index contributed by atoms with van der Waals surface area (Å²) < 4.78 is 5.13. The number of rotatable bonds is 2. The summed E-state index contributed by atoms with van der Waals surface area (Å²) in [6, 6.07) is 9.24. The van der Waals surface area contributed by atoms with E-state index in [0.29, 0.717) is 5.75 Å². The molecule has 0 unspecified atom stereocenters. The zero-order chi connectivity index (χ0) is 12.5. The summed E-state index contributed by atoms with van der Waals surface area (Å²) in [5.74, 6) is 0.605. The van der Waals surface area contributed by atoms with E-state index in [0.717, 1.165) is 22.2 Å². The van der Waals surface area contributed by atoms with Crippen LogP contribution < -0.4 is 4.74 Å². The van der Waals surface area contributed by atoms with Crippen LogP contribution in [-0.2, 0) is 0 Å². The molecule has 2 heterocycles. The fraction of sp³-hybridized carbons (Fsp3) is 0.0714. The smallest absolute Gasteiger partial charge is 0.161 e. The van der Waals surface area contributed by atoms with E-state index >= 15 is 0 Å². The number of hydrogen-bond acceptors (Lipinski definition) is 3. The molecular weight excluding hydrogens is 228 g/mol. The maximum absolute atomic E-state index is 9.61. The lowest BCUT2D eigenvalue weighted by Gasteiger charge is -2.07. The molecule has 90 valence electrons. The lowest BCUT2D eigenvalue weighted by atomic mass is 10.0. The predicted octanol–water partition coefficient (Wildman–Crippen LogP) is 2.94. The average molecular weight is 240 g/mol. The molecule has 3 rings (SSSR count). The summed E-state index contributed by atoms with van der Waals surface area (Å²) in [6.45, 7) is 0. The lowest BCUT2D eigenvalue weighted by molar-refractivity contribution is 0.373. The molecule has 4 nitrogen and oxygen atoms in total. The number of ether oxygens (including phenoxy) is 1. The molecule has 0 aliphatic rings. The highest BCUT2D eigenvalue weighted by Gasteiger charge is 2.08. The van der Waals surface area contributed by atoms with E-state index < -0.39 is 0 Å². The van der Waals surface area contributed by atoms with Crippen LogP contribution in [0.3, 0.4) is 0 Å². The molecule has 0 amide bonds. The molecule has 0 spiro atoms. The summed E-state index contributed by atoms with van der Waals surface area (Å²) in [5, 5.41) is 10.7. The van der Waals surface area contributed by atoms with Gasteiger partial charge in [-0.15, -0.1) is 0 Å². The van der Waals surface area contributed by atoms with Gasteiger partial charge in [-0.3, -0.25) is 0 Å². The first-order chi connectivity index (χ1) is 8.79. The van der Waals surface area contributed by atoms with Crippen LogP contribution in [0.5, 0.6) is 11.5 Å². The molecule has 0 saturated carbocycles. The molecule has 0 fully saturated rings. The Morgan fingerprint density at radius 3 is 2.94 bits per heavy atom. The summed E-state index contributed by atoms with van der Waals surface area (Å²) in [7, 11) is 1.54. The molecule has 0 aliphatic carbocycles. The number of aromatic hydroxyl groups is 1. The molecule has 3 aromatic rings. The van der Waals surface area contributed by atoms with Gasteiger partial charge in [-0.2, -0.15) is 0 Å². The van der Waals surface area contributed by atoms with E-state index in [2.05, 4.69) is 9.97 Å². The largest absolute Gasteiger partial charge is 0.504 e. The van der Waals surface area contributed by atoms with E-state index in [1.165, 1.54) is 7.11 Å². The number of aromatic nitrogens is 2. The van der Waals surface area contributed by atoms with Crippen molar-refractivity contribution in [3.8, 4) is 22.6 Å². The number of benzene rings is 1. The molecule has 0 bridgehead atoms. The van der Waals surface area contributed by atoms with E-state index in [4.69, 9.17) is 4.74 Å². The highest BCUT2D eigenvalue weighted by atomic mass is 16.5. The summed E-state index contributed by atoms with van der Waals surface area (Å²) in [6.07, 6.45) is 3.62. The number of phenols is 1. The Morgan fingerprint density at radius 1 is 1.22 bits per heavy atom. The van der Waals surface area contributed by atoms with E-state index in [-0.39, 0.29) is 5.75 Å². The zero-order valence-electron chi connectivity index (χ0n) is 9.84. The van der Waals surface area contributed by atoms with Gasteiger partial charge in [0.05, 0.1) is 7.11 Å². The number of nitrogens with zero attached hydrogens (tertiary/aromatic N) is 1. The number of pyridine rings is 1. The van der Waals surface area contributed by atoms with Crippen molar-refractivity contribution in [1.29, 1.82) is 0 Å². The Labute approximate surface area is 104 Å². The van der Waals surface area contributed by atoms with Crippen LogP contribution in [0.25, 0.3) is 22.2 Å². The quantitative estimate of drug-likeness (QED) is 0.724. The summed E-state index contributed by atoms with van der Waals surface area (Å²) in [4.78, 5) is 7.33. The monoisotopic (exact) mass is 240 g/mol. The van der Waals surface area contributed by atoms with Gasteiger partial charge in [0.2, 0.25) is 0 Å². The predicted molar refractivity (Wildman–Crippen MR) is 69.7 cm³/mol. The van der Waals surface area contributed by atoms with Crippen molar-refractivity contribution in [3.63, 3.8) is 0 Å². The highest BCUT2D eigenvalue weighted by molar-refractivity contribution is 5.93. The molecule has 0 radical (unpaired) electrons. The minimum absolute atomic E-state index is 0.139. The minimum atomic E-state index is 0.139. The molecule has 2 aromatic heterocycles. The lowest BCUT2D eigenvalue weighted by Crippen LogP contribution is -1.86. The van der Waals surface area contributed by atoms with Crippen LogP contribution in [0.1, 0.15) is 0 Å². The van der Waals surface area contributed by atoms with Gasteiger partial charge in [-0.05, 0) is 35.4 Å². The maximum Gasteiger partial charge on any atom is 0.161 e. The number of hydrogen-bond donors (Lipinski definition) is 2. The summed E-state index contributed by atoms with van der Waals surface area (Å²) >= 11 is 0. The Bertz CT molecular complexity index is 704. The van der Waals surface area contributed by atoms with Crippen molar-refractivity contribution in [1.82, 2.24) is 9.97 Å². The molecular formula is C14H12N2O2. The van der Waals surface area contributed by atoms with Gasteiger partial charge in [0.1, 0.15) is 5.65 Å². The topological polar surface area (TPSA) is 58.1 Å². The first kappa shape index (κ1) is 10.7. The third-order valence-electron chi connectivity index (χ3n) is 2.95. The fourth-order valence-corrected chi connectivity index (χ4v) is 2.06. The zero-order valence-corrected chi connectivity index (χ0v) is 9.84. The van der Waals surface area contributed by atoms with E-state index in [1.54, 1.807) is 12.3 Å². The maximum atomic E-state index is 9.61. The van der Waals surface area contributed by atoms with Crippen molar-refractivity contribution in [3.05, 3.63) is 42.7 Å². The van der Waals surface area contributed by atoms with Gasteiger partial charge in [-0.25, -0.2) is 4.98 Å². The molecule has 18 heavy (non-hydrogen) atoms. The standard InChI is InChI=1S/C14H12N2O2/c1-18-13-8-9(2-3-12(13)17)10-4-6-15-14-11(10)5-7-16-14/h2-8,17H,1H3,(H,15,16). The van der Waals surface area contributed by atoms with Crippen LogP contribution in [0.2, 0.25) is 0 Å². The van der Waals surface area contributed by atoms with Gasteiger partial charge in [-0.1, -0.05) is 6.07 Å². The second kappa shape index (κ2) is 4.07. The number of aromatic amines is 1. The van der Waals surface area contributed by atoms with Crippen molar-refractivity contribution in [2.45, 2.75) is 0 Å². The molecule has 1 aromatic carbocycles. The molecule has 0 atom stereocenters. The fourth-order valence-electron chi connectivity index (χ4n) is 2.06. The van der Waals surface area contributed by atoms with Gasteiger partial charge in [0.15, 0.2) is 11.5 Å². The Kier molecular flexibility index (Phi) is 2.41. The SMILES string of the molecule is COc1cc(-c2ccnc3[nH]ccc23)ccc1O. The first-order valence-corrected chi connectivity index (χ1v) is 5.59. The number of H-pyrrole nitrogens is 1. The van der Waals surface area contributed by atoms with Crippen LogP contribution in [0.15, 0.2) is 42.7 Å². The Hall–Kier alpha value is -2.49. The number of fused-ring (bicyclic) bond motifs is 1.